The number of esters is 1. The number of amides is 1. The molecule has 1 aliphatic carbocycles. The van der Waals surface area contributed by atoms with Gasteiger partial charge in [0.05, 0.1) is 12.3 Å². The maximum atomic E-state index is 11.9. The SMILES string of the molecule is CCOC(=O)c1sc(-c2cccc(NC(=O)C3CC3)c2)nc1C. The maximum absolute atomic E-state index is 11.9. The van der Waals surface area contributed by atoms with Crippen molar-refractivity contribution in [2.45, 2.75) is 26.7 Å². The zero-order valence-corrected chi connectivity index (χ0v) is 13.9. The van der Waals surface area contributed by atoms with E-state index in [1.807, 2.05) is 24.3 Å². The molecule has 0 unspecified atom stereocenters. The Hall–Kier alpha value is -2.21. The van der Waals surface area contributed by atoms with Crippen LogP contribution in [0.25, 0.3) is 10.6 Å². The number of thiazole rings is 1. The first-order chi connectivity index (χ1) is 11.1. The van der Waals surface area contributed by atoms with Crippen LogP contribution >= 0.6 is 11.3 Å². The molecule has 0 atom stereocenters. The molecule has 5 nitrogen and oxygen atoms in total. The van der Waals surface area contributed by atoms with E-state index in [1.165, 1.54) is 11.3 Å². The van der Waals surface area contributed by atoms with Gasteiger partial charge in [0.25, 0.3) is 0 Å². The van der Waals surface area contributed by atoms with E-state index in [9.17, 15) is 9.59 Å². The van der Waals surface area contributed by atoms with Crippen molar-refractivity contribution in [3.63, 3.8) is 0 Å². The van der Waals surface area contributed by atoms with Gasteiger partial charge in [0.15, 0.2) is 0 Å². The average Bonchev–Trinajstić information content (AvgIpc) is 3.30. The number of hydrogen-bond acceptors (Lipinski definition) is 5. The quantitative estimate of drug-likeness (QED) is 0.850. The highest BCUT2D eigenvalue weighted by Crippen LogP contribution is 2.32. The van der Waals surface area contributed by atoms with Gasteiger partial charge in [-0.05, 0) is 38.8 Å². The molecule has 0 radical (unpaired) electrons. The van der Waals surface area contributed by atoms with Crippen molar-refractivity contribution in [2.24, 2.45) is 5.92 Å². The number of hydrogen-bond donors (Lipinski definition) is 1. The highest BCUT2D eigenvalue weighted by atomic mass is 32.1. The maximum Gasteiger partial charge on any atom is 0.350 e. The van der Waals surface area contributed by atoms with Crippen LogP contribution in [-0.2, 0) is 9.53 Å². The van der Waals surface area contributed by atoms with Gasteiger partial charge in [-0.3, -0.25) is 4.79 Å². The predicted molar refractivity (Wildman–Crippen MR) is 89.6 cm³/mol. The Morgan fingerprint density at radius 2 is 2.17 bits per heavy atom. The summed E-state index contributed by atoms with van der Waals surface area (Å²) < 4.78 is 5.04. The molecular weight excluding hydrogens is 312 g/mol. The molecule has 1 saturated carbocycles. The molecule has 1 N–H and O–H groups in total. The minimum Gasteiger partial charge on any atom is -0.462 e. The van der Waals surface area contributed by atoms with Crippen LogP contribution in [0.5, 0.6) is 0 Å². The number of nitrogens with one attached hydrogen (secondary N) is 1. The molecule has 1 fully saturated rings. The van der Waals surface area contributed by atoms with Crippen LogP contribution < -0.4 is 5.32 Å². The van der Waals surface area contributed by atoms with Crippen molar-refractivity contribution in [3.05, 3.63) is 34.8 Å². The first-order valence-corrected chi connectivity index (χ1v) is 8.46. The summed E-state index contributed by atoms with van der Waals surface area (Å²) in [6.45, 7) is 3.92. The second-order valence-corrected chi connectivity index (χ2v) is 6.50. The molecule has 0 bridgehead atoms. The van der Waals surface area contributed by atoms with Gasteiger partial charge < -0.3 is 10.1 Å². The Morgan fingerprint density at radius 3 is 2.87 bits per heavy atom. The van der Waals surface area contributed by atoms with Crippen molar-refractivity contribution in [1.29, 1.82) is 0 Å². The van der Waals surface area contributed by atoms with Crippen molar-refractivity contribution in [1.82, 2.24) is 4.98 Å². The minimum absolute atomic E-state index is 0.0738. The monoisotopic (exact) mass is 330 g/mol. The Kier molecular flexibility index (Phi) is 4.43. The summed E-state index contributed by atoms with van der Waals surface area (Å²) in [6.07, 6.45) is 1.94. The topological polar surface area (TPSA) is 68.3 Å². The number of carbonyl (C=O) groups excluding carboxylic acids is 2. The molecule has 1 aliphatic rings. The number of aromatic nitrogens is 1. The molecule has 1 aromatic carbocycles. The second-order valence-electron chi connectivity index (χ2n) is 5.50. The second kappa shape index (κ2) is 6.50. The fourth-order valence-electron chi connectivity index (χ4n) is 2.23. The summed E-state index contributed by atoms with van der Waals surface area (Å²) in [4.78, 5) is 28.7. The van der Waals surface area contributed by atoms with Gasteiger partial charge in [-0.15, -0.1) is 11.3 Å². The summed E-state index contributed by atoms with van der Waals surface area (Å²) in [5.41, 5.74) is 2.29. The van der Waals surface area contributed by atoms with E-state index in [4.69, 9.17) is 4.74 Å². The van der Waals surface area contributed by atoms with E-state index in [1.54, 1.807) is 13.8 Å². The molecule has 1 aromatic heterocycles. The lowest BCUT2D eigenvalue weighted by Crippen LogP contribution is -2.13. The molecule has 23 heavy (non-hydrogen) atoms. The normalized spacial score (nSPS) is 13.7. The van der Waals surface area contributed by atoms with Crippen LogP contribution in [0, 0.1) is 12.8 Å². The molecule has 0 saturated heterocycles. The predicted octanol–water partition coefficient (Wildman–Crippen LogP) is 3.64. The zero-order chi connectivity index (χ0) is 16.4. The minimum atomic E-state index is -0.341. The van der Waals surface area contributed by atoms with Gasteiger partial charge in [-0.25, -0.2) is 9.78 Å². The lowest BCUT2D eigenvalue weighted by Gasteiger charge is -2.05. The van der Waals surface area contributed by atoms with E-state index < -0.39 is 0 Å². The standard InChI is InChI=1S/C17H18N2O3S/c1-3-22-17(21)14-10(2)18-16(23-14)12-5-4-6-13(9-12)19-15(20)11-7-8-11/h4-6,9,11H,3,7-8H2,1-2H3,(H,19,20). The number of nitrogens with zero attached hydrogens (tertiary/aromatic N) is 1. The molecule has 0 spiro atoms. The van der Waals surface area contributed by atoms with Crippen molar-refractivity contribution in [2.75, 3.05) is 11.9 Å². The fourth-order valence-corrected chi connectivity index (χ4v) is 3.18. The molecule has 1 heterocycles. The summed E-state index contributed by atoms with van der Waals surface area (Å²) >= 11 is 1.31. The fraction of sp³-hybridized carbons (Fsp3) is 0.353. The van der Waals surface area contributed by atoms with E-state index in [0.29, 0.717) is 17.2 Å². The third-order valence-electron chi connectivity index (χ3n) is 3.58. The van der Waals surface area contributed by atoms with Crippen molar-refractivity contribution < 1.29 is 14.3 Å². The first kappa shape index (κ1) is 15.7. The summed E-state index contributed by atoms with van der Waals surface area (Å²) in [6, 6.07) is 7.53. The van der Waals surface area contributed by atoms with Gasteiger partial charge in [0.2, 0.25) is 5.91 Å². The smallest absolute Gasteiger partial charge is 0.350 e. The van der Waals surface area contributed by atoms with Gasteiger partial charge >= 0.3 is 5.97 Å². The molecule has 1 amide bonds. The van der Waals surface area contributed by atoms with Crippen molar-refractivity contribution in [3.8, 4) is 10.6 Å². The largest absolute Gasteiger partial charge is 0.462 e. The third kappa shape index (κ3) is 3.59. The zero-order valence-electron chi connectivity index (χ0n) is 13.1. The Bertz CT molecular complexity index is 750. The Morgan fingerprint density at radius 1 is 1.39 bits per heavy atom. The average molecular weight is 330 g/mol. The van der Waals surface area contributed by atoms with E-state index in [0.717, 1.165) is 29.1 Å². The number of rotatable bonds is 5. The van der Waals surface area contributed by atoms with Crippen LogP contribution in [0.3, 0.4) is 0 Å². The Balaban J connectivity index is 1.82. The summed E-state index contributed by atoms with van der Waals surface area (Å²) in [7, 11) is 0. The number of anilines is 1. The molecule has 2 aromatic rings. The van der Waals surface area contributed by atoms with Crippen LogP contribution in [0.4, 0.5) is 5.69 Å². The van der Waals surface area contributed by atoms with E-state index in [2.05, 4.69) is 10.3 Å². The van der Waals surface area contributed by atoms with E-state index in [-0.39, 0.29) is 17.8 Å². The van der Waals surface area contributed by atoms with Gasteiger partial charge in [-0.1, -0.05) is 12.1 Å². The molecule has 0 aliphatic heterocycles. The first-order valence-electron chi connectivity index (χ1n) is 7.64. The van der Waals surface area contributed by atoms with Gasteiger partial charge in [-0.2, -0.15) is 0 Å². The van der Waals surface area contributed by atoms with Crippen LogP contribution in [0.1, 0.15) is 35.1 Å². The number of aryl methyl sites for hydroxylation is 1. The number of ether oxygens (including phenoxy) is 1. The van der Waals surface area contributed by atoms with Crippen molar-refractivity contribution >= 4 is 28.9 Å². The lowest BCUT2D eigenvalue weighted by atomic mass is 10.2. The van der Waals surface area contributed by atoms with E-state index >= 15 is 0 Å². The van der Waals surface area contributed by atoms with Crippen LogP contribution in [0.2, 0.25) is 0 Å². The van der Waals surface area contributed by atoms with Gasteiger partial charge in [0, 0.05) is 17.2 Å². The number of carbonyl (C=O) groups is 2. The number of benzene rings is 1. The van der Waals surface area contributed by atoms with Crippen LogP contribution in [-0.4, -0.2) is 23.5 Å². The highest BCUT2D eigenvalue weighted by Gasteiger charge is 2.29. The molecule has 6 heteroatoms. The highest BCUT2D eigenvalue weighted by molar-refractivity contribution is 7.17. The third-order valence-corrected chi connectivity index (χ3v) is 4.77. The molecule has 3 rings (SSSR count). The molecular formula is C17H18N2O3S. The van der Waals surface area contributed by atoms with Gasteiger partial charge in [0.1, 0.15) is 9.88 Å². The van der Waals surface area contributed by atoms with Crippen LogP contribution in [0.15, 0.2) is 24.3 Å². The summed E-state index contributed by atoms with van der Waals surface area (Å²) in [5, 5.41) is 3.67. The lowest BCUT2D eigenvalue weighted by molar-refractivity contribution is -0.117. The Labute approximate surface area is 138 Å². The summed E-state index contributed by atoms with van der Waals surface area (Å²) in [5.74, 6) is -0.104. The molecule has 120 valence electrons.